The normalized spacial score (nSPS) is 8.50. The van der Waals surface area contributed by atoms with Crippen LogP contribution in [0.1, 0.15) is 27.7 Å². The molecule has 0 unspecified atom stereocenters. The molecule has 0 radical (unpaired) electrons. The predicted molar refractivity (Wildman–Crippen MR) is 66.7 cm³/mol. The van der Waals surface area contributed by atoms with Gasteiger partial charge < -0.3 is 10.1 Å². The molecule has 0 bridgehead atoms. The monoisotopic (exact) mass is 222 g/mol. The van der Waals surface area contributed by atoms with Gasteiger partial charge in [0.2, 0.25) is 0 Å². The molecule has 0 aliphatic rings. The van der Waals surface area contributed by atoms with Gasteiger partial charge in [-0.3, -0.25) is 9.78 Å². The van der Waals surface area contributed by atoms with E-state index in [0.29, 0.717) is 11.0 Å². The third-order valence-electron chi connectivity index (χ3n) is 1.58. The number of hydrogen-bond acceptors (Lipinski definition) is 3. The summed E-state index contributed by atoms with van der Waals surface area (Å²) < 4.78 is 0. The first-order chi connectivity index (χ1) is 7.77. The van der Waals surface area contributed by atoms with E-state index in [-0.39, 0.29) is 11.3 Å². The van der Waals surface area contributed by atoms with Gasteiger partial charge in [-0.15, -0.1) is 0 Å². The smallest absolute Gasteiger partial charge is 0.252 e. The van der Waals surface area contributed by atoms with Gasteiger partial charge in [0.05, 0.1) is 5.52 Å². The standard InChI is InChI=1S/C8H6N2O2.2C2H6/c11-6-4-7(12)10-5-2-1-3-9-8(5)6;2*1-2/h1-4H,(H2,10,11,12);2*1-2H3. The molecule has 2 heterocycles. The molecule has 0 saturated heterocycles. The van der Waals surface area contributed by atoms with Gasteiger partial charge >= 0.3 is 0 Å². The first-order valence-electron chi connectivity index (χ1n) is 5.44. The van der Waals surface area contributed by atoms with Crippen LogP contribution in [0.15, 0.2) is 29.2 Å². The molecule has 2 N–H and O–H groups in total. The molecule has 0 aromatic carbocycles. The van der Waals surface area contributed by atoms with Gasteiger partial charge in [0.25, 0.3) is 5.56 Å². The number of hydrogen-bond donors (Lipinski definition) is 2. The third kappa shape index (κ3) is 3.38. The Balaban J connectivity index is 0.000000509. The van der Waals surface area contributed by atoms with E-state index >= 15 is 0 Å². The van der Waals surface area contributed by atoms with Crippen molar-refractivity contribution in [1.29, 1.82) is 0 Å². The third-order valence-corrected chi connectivity index (χ3v) is 1.58. The van der Waals surface area contributed by atoms with E-state index in [1.165, 1.54) is 0 Å². The topological polar surface area (TPSA) is 66.0 Å². The van der Waals surface area contributed by atoms with E-state index in [1.807, 2.05) is 27.7 Å². The maximum absolute atomic E-state index is 10.9. The van der Waals surface area contributed by atoms with E-state index in [0.717, 1.165) is 6.07 Å². The average Bonchev–Trinajstić information content (AvgIpc) is 2.34. The fraction of sp³-hybridized carbons (Fsp3) is 0.333. The molecule has 0 atom stereocenters. The highest BCUT2D eigenvalue weighted by Gasteiger charge is 2.00. The Morgan fingerprint density at radius 1 is 1.25 bits per heavy atom. The van der Waals surface area contributed by atoms with Crippen molar-refractivity contribution in [2.24, 2.45) is 0 Å². The van der Waals surface area contributed by atoms with Crippen LogP contribution in [0.2, 0.25) is 0 Å². The number of rotatable bonds is 0. The second-order valence-corrected chi connectivity index (χ2v) is 2.42. The Morgan fingerprint density at radius 3 is 2.50 bits per heavy atom. The summed E-state index contributed by atoms with van der Waals surface area (Å²) in [6.07, 6.45) is 1.56. The first-order valence-corrected chi connectivity index (χ1v) is 5.44. The Bertz CT molecular complexity index is 478. The molecule has 0 amide bonds. The molecular weight excluding hydrogens is 204 g/mol. The summed E-state index contributed by atoms with van der Waals surface area (Å²) in [7, 11) is 0. The van der Waals surface area contributed by atoms with Crippen molar-refractivity contribution in [3.63, 3.8) is 0 Å². The summed E-state index contributed by atoms with van der Waals surface area (Å²) in [6, 6.07) is 4.48. The highest BCUT2D eigenvalue weighted by Crippen LogP contribution is 2.16. The molecule has 4 nitrogen and oxygen atoms in total. The van der Waals surface area contributed by atoms with Gasteiger partial charge in [-0.05, 0) is 12.1 Å². The van der Waals surface area contributed by atoms with Crippen molar-refractivity contribution in [2.45, 2.75) is 27.7 Å². The Hall–Kier alpha value is -1.84. The lowest BCUT2D eigenvalue weighted by Crippen LogP contribution is -2.03. The summed E-state index contributed by atoms with van der Waals surface area (Å²) in [4.78, 5) is 17.3. The van der Waals surface area contributed by atoms with Crippen molar-refractivity contribution in [3.8, 4) is 5.75 Å². The first kappa shape index (κ1) is 14.2. The van der Waals surface area contributed by atoms with Crippen LogP contribution < -0.4 is 5.56 Å². The molecule has 0 spiro atoms. The summed E-state index contributed by atoms with van der Waals surface area (Å²) in [5.74, 6) is -0.0886. The lowest BCUT2D eigenvalue weighted by atomic mass is 10.3. The number of H-pyrrole nitrogens is 1. The maximum Gasteiger partial charge on any atom is 0.252 e. The van der Waals surface area contributed by atoms with Gasteiger partial charge in [0.15, 0.2) is 0 Å². The van der Waals surface area contributed by atoms with Crippen molar-refractivity contribution in [1.82, 2.24) is 9.97 Å². The quantitative estimate of drug-likeness (QED) is 0.720. The SMILES string of the molecule is CC.CC.O=c1cc(O)c2ncccc2[nH]1. The van der Waals surface area contributed by atoms with Crippen LogP contribution in [0.5, 0.6) is 5.75 Å². The number of fused-ring (bicyclic) bond motifs is 1. The minimum Gasteiger partial charge on any atom is -0.505 e. The molecule has 0 fully saturated rings. The van der Waals surface area contributed by atoms with E-state index in [4.69, 9.17) is 0 Å². The number of aromatic hydroxyl groups is 1. The molecule has 0 aliphatic heterocycles. The lowest BCUT2D eigenvalue weighted by Gasteiger charge is -1.96. The minimum atomic E-state index is -0.326. The number of pyridine rings is 2. The second-order valence-electron chi connectivity index (χ2n) is 2.42. The summed E-state index contributed by atoms with van der Waals surface area (Å²) in [5, 5.41) is 9.27. The zero-order valence-electron chi connectivity index (χ0n) is 10.1. The number of aromatic nitrogens is 2. The van der Waals surface area contributed by atoms with E-state index in [9.17, 15) is 9.90 Å². The molecule has 0 aliphatic carbocycles. The van der Waals surface area contributed by atoms with Crippen LogP contribution in [-0.2, 0) is 0 Å². The summed E-state index contributed by atoms with van der Waals surface area (Å²) in [5.41, 5.74) is 0.632. The highest BCUT2D eigenvalue weighted by molar-refractivity contribution is 5.79. The molecule has 4 heteroatoms. The highest BCUT2D eigenvalue weighted by atomic mass is 16.3. The number of nitrogens with zero attached hydrogens (tertiary/aromatic N) is 1. The lowest BCUT2D eigenvalue weighted by molar-refractivity contribution is 0.479. The van der Waals surface area contributed by atoms with Gasteiger partial charge in [-0.1, -0.05) is 27.7 Å². The van der Waals surface area contributed by atoms with Gasteiger partial charge in [0.1, 0.15) is 11.3 Å². The Morgan fingerprint density at radius 2 is 1.88 bits per heavy atom. The molecular formula is C12H18N2O2. The fourth-order valence-electron chi connectivity index (χ4n) is 1.07. The van der Waals surface area contributed by atoms with Gasteiger partial charge in [-0.25, -0.2) is 0 Å². The Labute approximate surface area is 95.0 Å². The van der Waals surface area contributed by atoms with Crippen molar-refractivity contribution in [3.05, 3.63) is 34.7 Å². The van der Waals surface area contributed by atoms with Crippen molar-refractivity contribution < 1.29 is 5.11 Å². The van der Waals surface area contributed by atoms with E-state index in [1.54, 1.807) is 18.3 Å². The fourth-order valence-corrected chi connectivity index (χ4v) is 1.07. The molecule has 2 aromatic heterocycles. The maximum atomic E-state index is 10.9. The van der Waals surface area contributed by atoms with Crippen molar-refractivity contribution >= 4 is 11.0 Å². The summed E-state index contributed by atoms with van der Waals surface area (Å²) >= 11 is 0. The zero-order valence-corrected chi connectivity index (χ0v) is 10.1. The summed E-state index contributed by atoms with van der Waals surface area (Å²) in [6.45, 7) is 8.00. The van der Waals surface area contributed by atoms with Gasteiger partial charge in [0, 0.05) is 12.3 Å². The van der Waals surface area contributed by atoms with E-state index in [2.05, 4.69) is 9.97 Å². The van der Waals surface area contributed by atoms with E-state index < -0.39 is 0 Å². The molecule has 0 saturated carbocycles. The molecule has 88 valence electrons. The number of nitrogens with one attached hydrogen (secondary N) is 1. The Kier molecular flexibility index (Phi) is 6.59. The largest absolute Gasteiger partial charge is 0.505 e. The zero-order chi connectivity index (χ0) is 12.6. The second kappa shape index (κ2) is 7.45. The molecule has 2 aromatic rings. The van der Waals surface area contributed by atoms with Gasteiger partial charge in [-0.2, -0.15) is 0 Å². The number of aromatic amines is 1. The van der Waals surface area contributed by atoms with Crippen LogP contribution in [0.25, 0.3) is 11.0 Å². The predicted octanol–water partition coefficient (Wildman–Crippen LogP) is 2.68. The van der Waals surface area contributed by atoms with Crippen LogP contribution >= 0.6 is 0 Å². The van der Waals surface area contributed by atoms with Crippen LogP contribution in [-0.4, -0.2) is 15.1 Å². The molecule has 2 rings (SSSR count). The van der Waals surface area contributed by atoms with Crippen LogP contribution in [0.4, 0.5) is 0 Å². The average molecular weight is 222 g/mol. The minimum absolute atomic E-state index is 0.0886. The molecule has 16 heavy (non-hydrogen) atoms. The van der Waals surface area contributed by atoms with Crippen molar-refractivity contribution in [2.75, 3.05) is 0 Å². The van der Waals surface area contributed by atoms with Crippen LogP contribution in [0.3, 0.4) is 0 Å². The van der Waals surface area contributed by atoms with Crippen LogP contribution in [0, 0.1) is 0 Å².